The largest absolute Gasteiger partial charge is 0.504 e. The number of ether oxygens (including phenoxy) is 1. The number of benzene rings is 1. The van der Waals surface area contributed by atoms with Gasteiger partial charge in [0.15, 0.2) is 16.7 Å². The minimum atomic E-state index is -0.246. The van der Waals surface area contributed by atoms with Gasteiger partial charge in [0, 0.05) is 32.7 Å². The first-order valence-corrected chi connectivity index (χ1v) is 8.90. The number of amidine groups is 1. The van der Waals surface area contributed by atoms with Gasteiger partial charge in [-0.15, -0.1) is 0 Å². The highest BCUT2D eigenvalue weighted by Crippen LogP contribution is 2.33. The minimum absolute atomic E-state index is 0.0627. The number of nitrogens with zero attached hydrogens (tertiary/aromatic N) is 3. The van der Waals surface area contributed by atoms with Crippen molar-refractivity contribution in [2.24, 2.45) is 4.99 Å². The van der Waals surface area contributed by atoms with Gasteiger partial charge in [-0.1, -0.05) is 6.07 Å². The Morgan fingerprint density at radius 2 is 2.08 bits per heavy atom. The van der Waals surface area contributed by atoms with Crippen molar-refractivity contribution in [2.75, 3.05) is 46.4 Å². The summed E-state index contributed by atoms with van der Waals surface area (Å²) in [5, 5.41) is 19.4. The molecule has 0 aliphatic carbocycles. The van der Waals surface area contributed by atoms with Crippen LogP contribution in [0.25, 0.3) is 6.08 Å². The molecule has 0 bridgehead atoms. The van der Waals surface area contributed by atoms with E-state index in [9.17, 15) is 9.90 Å². The summed E-state index contributed by atoms with van der Waals surface area (Å²) < 4.78 is 5.09. The van der Waals surface area contributed by atoms with Crippen LogP contribution in [0, 0.1) is 0 Å². The lowest BCUT2D eigenvalue weighted by molar-refractivity contribution is -0.113. The standard InChI is InChI=1S/C17H21N3O4S/c1-24-14-10-12(2-3-13(14)22)11-15-16(23)18-17(25-15)20-6-4-19(5-7-20)8-9-21/h2-3,10-11,21-22H,4-9H2,1H3. The number of hydrogen-bond acceptors (Lipinski definition) is 7. The molecule has 3 rings (SSSR count). The minimum Gasteiger partial charge on any atom is -0.504 e. The first-order valence-electron chi connectivity index (χ1n) is 8.08. The summed E-state index contributed by atoms with van der Waals surface area (Å²) in [4.78, 5) is 21.2. The Morgan fingerprint density at radius 1 is 1.32 bits per heavy atom. The van der Waals surface area contributed by atoms with Crippen molar-refractivity contribution in [3.63, 3.8) is 0 Å². The Labute approximate surface area is 150 Å². The predicted octanol–water partition coefficient (Wildman–Crippen LogP) is 0.981. The normalized spacial score (nSPS) is 20.2. The Kier molecular flexibility index (Phi) is 5.62. The molecule has 25 heavy (non-hydrogen) atoms. The highest BCUT2D eigenvalue weighted by molar-refractivity contribution is 8.18. The van der Waals surface area contributed by atoms with Gasteiger partial charge < -0.3 is 19.8 Å². The maximum atomic E-state index is 12.2. The summed E-state index contributed by atoms with van der Waals surface area (Å²) in [7, 11) is 1.49. The molecule has 1 saturated heterocycles. The lowest BCUT2D eigenvalue weighted by atomic mass is 10.2. The van der Waals surface area contributed by atoms with Crippen LogP contribution in [-0.4, -0.2) is 77.5 Å². The summed E-state index contributed by atoms with van der Waals surface area (Å²) in [6, 6.07) is 4.95. The van der Waals surface area contributed by atoms with Crippen LogP contribution >= 0.6 is 11.8 Å². The molecule has 1 fully saturated rings. The number of phenolic OH excluding ortho intramolecular Hbond substituents is 1. The quantitative estimate of drug-likeness (QED) is 0.771. The zero-order valence-corrected chi connectivity index (χ0v) is 14.8. The molecule has 134 valence electrons. The van der Waals surface area contributed by atoms with E-state index in [0.29, 0.717) is 17.2 Å². The van der Waals surface area contributed by atoms with Gasteiger partial charge in [0.2, 0.25) is 0 Å². The molecule has 2 heterocycles. The number of aliphatic imine (C=N–C) groups is 1. The van der Waals surface area contributed by atoms with Gasteiger partial charge in [0.1, 0.15) is 0 Å². The first kappa shape index (κ1) is 17.8. The van der Waals surface area contributed by atoms with E-state index in [2.05, 4.69) is 14.8 Å². The van der Waals surface area contributed by atoms with Crippen LogP contribution in [0.4, 0.5) is 0 Å². The van der Waals surface area contributed by atoms with Crippen LogP contribution in [0.1, 0.15) is 5.56 Å². The molecule has 1 aromatic carbocycles. The summed E-state index contributed by atoms with van der Waals surface area (Å²) in [5.74, 6) is 0.184. The smallest absolute Gasteiger partial charge is 0.286 e. The van der Waals surface area contributed by atoms with E-state index in [1.807, 2.05) is 0 Å². The molecule has 8 heteroatoms. The van der Waals surface area contributed by atoms with Crippen LogP contribution in [0.3, 0.4) is 0 Å². The maximum Gasteiger partial charge on any atom is 0.286 e. The zero-order chi connectivity index (χ0) is 17.8. The number of aliphatic hydroxyl groups excluding tert-OH is 1. The fourth-order valence-corrected chi connectivity index (χ4v) is 3.74. The van der Waals surface area contributed by atoms with E-state index in [-0.39, 0.29) is 18.3 Å². The predicted molar refractivity (Wildman–Crippen MR) is 97.8 cm³/mol. The van der Waals surface area contributed by atoms with Crippen LogP contribution in [0.2, 0.25) is 0 Å². The van der Waals surface area contributed by atoms with Crippen molar-refractivity contribution in [2.45, 2.75) is 0 Å². The van der Waals surface area contributed by atoms with Crippen molar-refractivity contribution >= 4 is 28.9 Å². The summed E-state index contributed by atoms with van der Waals surface area (Å²) >= 11 is 1.37. The monoisotopic (exact) mass is 363 g/mol. The average molecular weight is 363 g/mol. The van der Waals surface area contributed by atoms with E-state index in [1.54, 1.807) is 18.2 Å². The lowest BCUT2D eigenvalue weighted by Crippen LogP contribution is -2.48. The highest BCUT2D eigenvalue weighted by Gasteiger charge is 2.28. The zero-order valence-electron chi connectivity index (χ0n) is 14.0. The topological polar surface area (TPSA) is 85.6 Å². The molecule has 0 spiro atoms. The van der Waals surface area contributed by atoms with Crippen LogP contribution in [0.15, 0.2) is 28.1 Å². The van der Waals surface area contributed by atoms with Crippen molar-refractivity contribution < 1.29 is 19.7 Å². The number of carbonyl (C=O) groups excluding carboxylic acids is 1. The van der Waals surface area contributed by atoms with Crippen LogP contribution < -0.4 is 4.74 Å². The Balaban J connectivity index is 1.67. The third-order valence-corrected chi connectivity index (χ3v) is 5.21. The third-order valence-electron chi connectivity index (χ3n) is 4.17. The van der Waals surface area contributed by atoms with Crippen molar-refractivity contribution in [1.29, 1.82) is 0 Å². The summed E-state index contributed by atoms with van der Waals surface area (Å²) in [6.07, 6.45) is 1.76. The first-order chi connectivity index (χ1) is 12.1. The van der Waals surface area contributed by atoms with E-state index in [4.69, 9.17) is 9.84 Å². The Morgan fingerprint density at radius 3 is 2.76 bits per heavy atom. The number of thioether (sulfide) groups is 1. The van der Waals surface area contributed by atoms with Gasteiger partial charge in [0.25, 0.3) is 5.91 Å². The molecule has 1 amide bonds. The van der Waals surface area contributed by atoms with Gasteiger partial charge in [-0.3, -0.25) is 9.69 Å². The number of aromatic hydroxyl groups is 1. The molecular formula is C17H21N3O4S. The molecule has 2 aliphatic heterocycles. The van der Waals surface area contributed by atoms with Gasteiger partial charge in [-0.2, -0.15) is 4.99 Å². The van der Waals surface area contributed by atoms with Gasteiger partial charge >= 0.3 is 0 Å². The number of hydrogen-bond donors (Lipinski definition) is 2. The van der Waals surface area contributed by atoms with Crippen molar-refractivity contribution in [1.82, 2.24) is 9.80 Å². The molecule has 2 aliphatic rings. The average Bonchev–Trinajstić information content (AvgIpc) is 2.98. The van der Waals surface area contributed by atoms with E-state index in [0.717, 1.165) is 36.9 Å². The van der Waals surface area contributed by atoms with Gasteiger partial charge in [-0.05, 0) is 35.5 Å². The SMILES string of the molecule is COc1cc(C=C2SC(N3CCN(CCO)CC3)=NC2=O)ccc1O. The van der Waals surface area contributed by atoms with Crippen LogP contribution in [0.5, 0.6) is 11.5 Å². The van der Waals surface area contributed by atoms with Crippen LogP contribution in [-0.2, 0) is 4.79 Å². The van der Waals surface area contributed by atoms with E-state index in [1.165, 1.54) is 24.9 Å². The van der Waals surface area contributed by atoms with E-state index < -0.39 is 0 Å². The van der Waals surface area contributed by atoms with E-state index >= 15 is 0 Å². The third kappa shape index (κ3) is 4.15. The summed E-state index contributed by atoms with van der Waals surface area (Å²) in [5.41, 5.74) is 0.773. The number of aliphatic hydroxyl groups is 1. The molecule has 0 unspecified atom stereocenters. The number of methoxy groups -OCH3 is 1. The number of rotatable bonds is 4. The fraction of sp³-hybridized carbons (Fsp3) is 0.412. The molecule has 1 aromatic rings. The second-order valence-corrected chi connectivity index (χ2v) is 6.80. The Hall–Kier alpha value is -2.03. The molecule has 0 atom stereocenters. The molecule has 7 nitrogen and oxygen atoms in total. The number of carbonyl (C=O) groups is 1. The second kappa shape index (κ2) is 7.90. The van der Waals surface area contributed by atoms with Crippen molar-refractivity contribution in [3.8, 4) is 11.5 Å². The highest BCUT2D eigenvalue weighted by atomic mass is 32.2. The fourth-order valence-electron chi connectivity index (χ4n) is 2.77. The lowest BCUT2D eigenvalue weighted by Gasteiger charge is -2.34. The molecule has 0 saturated carbocycles. The van der Waals surface area contributed by atoms with Crippen molar-refractivity contribution in [3.05, 3.63) is 28.7 Å². The molecule has 0 aromatic heterocycles. The molecule has 2 N–H and O–H groups in total. The molecular weight excluding hydrogens is 342 g/mol. The second-order valence-electron chi connectivity index (χ2n) is 5.79. The number of phenols is 1. The number of amides is 1. The van der Waals surface area contributed by atoms with Gasteiger partial charge in [0.05, 0.1) is 18.6 Å². The molecule has 0 radical (unpaired) electrons. The number of β-amino-alcohol motifs (C(OH)–C–C–N with tert-alkyl or cyclic N) is 1. The maximum absolute atomic E-state index is 12.2. The van der Waals surface area contributed by atoms with Gasteiger partial charge in [-0.25, -0.2) is 0 Å². The number of piperazine rings is 1. The Bertz CT molecular complexity index is 712. The summed E-state index contributed by atoms with van der Waals surface area (Å²) in [6.45, 7) is 4.13.